The number of esters is 1. The number of nitrogens with two attached hydrogens (primary N) is 1. The number of carbonyl (C=O) groups is 2. The SMILES string of the molecule is C=C[C@H]1[C@H](O[C@@H]2O[C@H](CO)[C@@H](O)C(O)(O)[C@H]2O)OC=C(C(=O)OC2CCCC2)[C@H]1/C=C/C1=CN(CCO)CC(C(=O)O)=C1NC(N)=NC. The van der Waals surface area contributed by atoms with E-state index in [2.05, 4.69) is 16.9 Å². The molecule has 3 aliphatic heterocycles. The smallest absolute Gasteiger partial charge is 0.338 e. The monoisotopic (exact) mass is 680 g/mol. The van der Waals surface area contributed by atoms with Gasteiger partial charge < -0.3 is 70.6 Å². The Morgan fingerprint density at radius 3 is 2.52 bits per heavy atom. The first-order valence-corrected chi connectivity index (χ1v) is 15.5. The van der Waals surface area contributed by atoms with Crippen LogP contribution in [0.2, 0.25) is 0 Å². The minimum Gasteiger partial charge on any atom is -0.478 e. The molecule has 1 aliphatic carbocycles. The summed E-state index contributed by atoms with van der Waals surface area (Å²) in [7, 11) is 1.42. The van der Waals surface area contributed by atoms with Crippen molar-refractivity contribution in [2.24, 2.45) is 22.6 Å². The fourth-order valence-corrected chi connectivity index (χ4v) is 5.94. The van der Waals surface area contributed by atoms with Gasteiger partial charge in [-0.15, -0.1) is 6.58 Å². The topological polar surface area (TPSA) is 266 Å². The first-order chi connectivity index (χ1) is 22.9. The highest BCUT2D eigenvalue weighted by molar-refractivity contribution is 5.92. The van der Waals surface area contributed by atoms with E-state index in [0.717, 1.165) is 19.1 Å². The Labute approximate surface area is 276 Å². The average molecular weight is 681 g/mol. The summed E-state index contributed by atoms with van der Waals surface area (Å²) in [6.07, 6.45) is 1.13. The van der Waals surface area contributed by atoms with Gasteiger partial charge in [0.25, 0.3) is 0 Å². The van der Waals surface area contributed by atoms with Gasteiger partial charge in [-0.3, -0.25) is 4.99 Å². The zero-order valence-electron chi connectivity index (χ0n) is 26.4. The molecular formula is C31H44N4O13. The maximum Gasteiger partial charge on any atom is 0.338 e. The van der Waals surface area contributed by atoms with Crippen molar-refractivity contribution in [2.75, 3.05) is 33.4 Å². The van der Waals surface area contributed by atoms with E-state index in [1.165, 1.54) is 19.2 Å². The highest BCUT2D eigenvalue weighted by Crippen LogP contribution is 2.38. The van der Waals surface area contributed by atoms with Gasteiger partial charge in [0.15, 0.2) is 18.4 Å². The summed E-state index contributed by atoms with van der Waals surface area (Å²) in [5.41, 5.74) is 6.33. The van der Waals surface area contributed by atoms with Crippen molar-refractivity contribution >= 4 is 17.9 Å². The van der Waals surface area contributed by atoms with Gasteiger partial charge >= 0.3 is 11.9 Å². The van der Waals surface area contributed by atoms with E-state index >= 15 is 0 Å². The predicted octanol–water partition coefficient (Wildman–Crippen LogP) is -2.11. The molecule has 10 N–H and O–H groups in total. The molecule has 3 heterocycles. The highest BCUT2D eigenvalue weighted by atomic mass is 16.8. The number of hydrogen-bond acceptors (Lipinski definition) is 14. The zero-order valence-corrected chi connectivity index (χ0v) is 26.4. The van der Waals surface area contributed by atoms with Gasteiger partial charge in [0.1, 0.15) is 18.3 Å². The second-order valence-corrected chi connectivity index (χ2v) is 11.8. The quantitative estimate of drug-likeness (QED) is 0.0351. The number of β-amino-alcohol motifs (C(OH)–C–C–N with tert-alkyl or cyclic N) is 1. The minimum atomic E-state index is -3.12. The lowest BCUT2D eigenvalue weighted by molar-refractivity contribution is -0.404. The number of aliphatic imine (C=N–C) groups is 1. The maximum absolute atomic E-state index is 13.5. The van der Waals surface area contributed by atoms with Crippen LogP contribution in [0.3, 0.4) is 0 Å². The van der Waals surface area contributed by atoms with E-state index in [4.69, 9.17) is 24.7 Å². The molecule has 0 radical (unpaired) electrons. The van der Waals surface area contributed by atoms with Crippen LogP contribution in [0.25, 0.3) is 0 Å². The Morgan fingerprint density at radius 1 is 1.21 bits per heavy atom. The highest BCUT2D eigenvalue weighted by Gasteiger charge is 2.56. The molecule has 1 saturated heterocycles. The lowest BCUT2D eigenvalue weighted by Crippen LogP contribution is -2.68. The number of carbonyl (C=O) groups excluding carboxylic acids is 1. The zero-order chi connectivity index (χ0) is 35.2. The van der Waals surface area contributed by atoms with Crippen LogP contribution in [0, 0.1) is 11.8 Å². The molecule has 2 fully saturated rings. The number of rotatable bonds is 12. The summed E-state index contributed by atoms with van der Waals surface area (Å²) in [4.78, 5) is 31.2. The van der Waals surface area contributed by atoms with Crippen LogP contribution in [-0.2, 0) is 28.5 Å². The lowest BCUT2D eigenvalue weighted by Gasteiger charge is -2.46. The summed E-state index contributed by atoms with van der Waals surface area (Å²) in [6.45, 7) is 2.82. The maximum atomic E-state index is 13.5. The van der Waals surface area contributed by atoms with Crippen molar-refractivity contribution in [3.8, 4) is 0 Å². The van der Waals surface area contributed by atoms with Crippen molar-refractivity contribution in [1.82, 2.24) is 10.2 Å². The molecule has 7 atom stereocenters. The Morgan fingerprint density at radius 2 is 1.92 bits per heavy atom. The molecule has 48 heavy (non-hydrogen) atoms. The number of hydrogen-bond donors (Lipinski definition) is 9. The largest absolute Gasteiger partial charge is 0.478 e. The van der Waals surface area contributed by atoms with E-state index in [-0.39, 0.29) is 48.6 Å². The van der Waals surface area contributed by atoms with Crippen LogP contribution >= 0.6 is 0 Å². The number of allylic oxidation sites excluding steroid dienone is 2. The number of nitrogens with one attached hydrogen (secondary N) is 1. The van der Waals surface area contributed by atoms with Crippen molar-refractivity contribution in [1.29, 1.82) is 0 Å². The third-order valence-corrected chi connectivity index (χ3v) is 8.63. The Hall–Kier alpha value is -3.81. The fraction of sp³-hybridized carbons (Fsp3) is 0.581. The summed E-state index contributed by atoms with van der Waals surface area (Å²) >= 11 is 0. The van der Waals surface area contributed by atoms with Crippen LogP contribution in [0.5, 0.6) is 0 Å². The number of aliphatic hydroxyl groups excluding tert-OH is 4. The average Bonchev–Trinajstić information content (AvgIpc) is 3.57. The van der Waals surface area contributed by atoms with E-state index < -0.39 is 67.1 Å². The summed E-state index contributed by atoms with van der Waals surface area (Å²) in [5, 5.41) is 73.4. The van der Waals surface area contributed by atoms with Crippen molar-refractivity contribution < 1.29 is 64.3 Å². The molecule has 0 amide bonds. The number of guanidine groups is 1. The van der Waals surface area contributed by atoms with E-state index in [1.807, 2.05) is 0 Å². The number of carboxylic acids is 1. The third-order valence-electron chi connectivity index (χ3n) is 8.63. The molecule has 0 spiro atoms. The molecule has 0 bridgehead atoms. The minimum absolute atomic E-state index is 0.0572. The first-order valence-electron chi connectivity index (χ1n) is 15.5. The van der Waals surface area contributed by atoms with Crippen LogP contribution in [0.1, 0.15) is 25.7 Å². The summed E-state index contributed by atoms with van der Waals surface area (Å²) < 4.78 is 22.7. The van der Waals surface area contributed by atoms with Gasteiger partial charge in [-0.1, -0.05) is 18.2 Å². The van der Waals surface area contributed by atoms with Crippen molar-refractivity contribution in [3.05, 3.63) is 59.7 Å². The van der Waals surface area contributed by atoms with Crippen molar-refractivity contribution in [3.63, 3.8) is 0 Å². The molecule has 17 heteroatoms. The number of aliphatic carboxylic acids is 1. The van der Waals surface area contributed by atoms with E-state index in [9.17, 15) is 45.3 Å². The van der Waals surface area contributed by atoms with Gasteiger partial charge in [0.05, 0.1) is 48.8 Å². The summed E-state index contributed by atoms with van der Waals surface area (Å²) in [6, 6.07) is 0. The van der Waals surface area contributed by atoms with E-state index in [0.29, 0.717) is 18.4 Å². The fourth-order valence-electron chi connectivity index (χ4n) is 5.94. The van der Waals surface area contributed by atoms with Gasteiger partial charge in [0.2, 0.25) is 12.1 Å². The van der Waals surface area contributed by atoms with Crippen LogP contribution < -0.4 is 11.1 Å². The Bertz CT molecular complexity index is 1350. The molecule has 1 saturated carbocycles. The Balaban J connectivity index is 1.72. The van der Waals surface area contributed by atoms with Crippen LogP contribution in [0.15, 0.2) is 64.7 Å². The molecule has 0 aromatic carbocycles. The number of ether oxygens (including phenoxy) is 4. The molecule has 0 unspecified atom stereocenters. The lowest BCUT2D eigenvalue weighted by atomic mass is 9.83. The van der Waals surface area contributed by atoms with Crippen LogP contribution in [0.4, 0.5) is 0 Å². The second kappa shape index (κ2) is 16.1. The first kappa shape index (κ1) is 37.0. The van der Waals surface area contributed by atoms with Gasteiger partial charge in [-0.05, 0) is 25.7 Å². The molecular weight excluding hydrogens is 636 g/mol. The molecule has 266 valence electrons. The third kappa shape index (κ3) is 8.07. The summed E-state index contributed by atoms with van der Waals surface area (Å²) in [5.74, 6) is -6.94. The normalized spacial score (nSPS) is 31.3. The van der Waals surface area contributed by atoms with Gasteiger partial charge in [-0.25, -0.2) is 9.59 Å². The molecule has 0 aromatic rings. The van der Waals surface area contributed by atoms with Crippen molar-refractivity contribution in [2.45, 2.75) is 68.5 Å². The molecule has 4 rings (SSSR count). The number of carboxylic acid groups (broad SMARTS) is 1. The van der Waals surface area contributed by atoms with E-state index in [1.54, 1.807) is 17.2 Å². The Kier molecular flexibility index (Phi) is 12.4. The van der Waals surface area contributed by atoms with Gasteiger partial charge in [-0.2, -0.15) is 0 Å². The second-order valence-electron chi connectivity index (χ2n) is 11.8. The molecule has 4 aliphatic rings. The van der Waals surface area contributed by atoms with Crippen LogP contribution in [-0.4, -0.2) is 135 Å². The predicted molar refractivity (Wildman–Crippen MR) is 166 cm³/mol. The standard InChI is InChI=1S/C31H44N4O13/c1-3-18-19(9-8-16-12-35(10-11-36)13-20(26(40)41)23(16)34-30(32)33-2)21(27(42)46-17-6-4-5-7-17)15-45-28(18)48-29-25(39)31(43,44)24(38)22(14-37)47-29/h3,8-9,12,15,17-19,22,24-25,28-29,36-39,43-44H,1,4-7,10-11,13-14H2,2H3,(H,40,41)(H3,32,33,34)/b9-8+/t18-,19+,22-,24-,25+,28+,29+/m1/s1. The molecule has 0 aromatic heterocycles. The molecule has 17 nitrogen and oxygen atoms in total. The number of nitrogens with zero attached hydrogens (tertiary/aromatic N) is 2. The van der Waals surface area contributed by atoms with Gasteiger partial charge in [0, 0.05) is 31.3 Å². The number of aliphatic hydroxyl groups is 6.